The molecule has 6 nitrogen and oxygen atoms in total. The van der Waals surface area contributed by atoms with Gasteiger partial charge in [0.1, 0.15) is 10.6 Å². The monoisotopic (exact) mass is 368 g/mol. The smallest absolute Gasteiger partial charge is 0.350 e. The minimum absolute atomic E-state index is 0.282. The van der Waals surface area contributed by atoms with Gasteiger partial charge < -0.3 is 9.47 Å². The van der Waals surface area contributed by atoms with Crippen LogP contribution in [0.25, 0.3) is 0 Å². The number of hydrogen-bond donors (Lipinski definition) is 1. The van der Waals surface area contributed by atoms with Crippen LogP contribution in [0.4, 0.5) is 5.13 Å². The van der Waals surface area contributed by atoms with Crippen LogP contribution in [0.3, 0.4) is 0 Å². The third kappa shape index (κ3) is 4.69. The van der Waals surface area contributed by atoms with Crippen LogP contribution in [0.1, 0.15) is 29.2 Å². The van der Waals surface area contributed by atoms with E-state index in [2.05, 4.69) is 10.3 Å². The Morgan fingerprint density at radius 3 is 2.62 bits per heavy atom. The molecule has 2 aromatic rings. The maximum absolute atomic E-state index is 12.2. The van der Waals surface area contributed by atoms with Crippen molar-refractivity contribution in [2.24, 2.45) is 0 Å². The molecule has 24 heavy (non-hydrogen) atoms. The zero-order valence-electron chi connectivity index (χ0n) is 13.5. The van der Waals surface area contributed by atoms with E-state index in [1.807, 2.05) is 0 Å². The largest absolute Gasteiger partial charge is 0.481 e. The van der Waals surface area contributed by atoms with Crippen molar-refractivity contribution in [2.45, 2.75) is 26.9 Å². The number of carbonyl (C=O) groups is 2. The number of carbonyl (C=O) groups excluding carboxylic acids is 2. The van der Waals surface area contributed by atoms with Crippen LogP contribution in [0.15, 0.2) is 24.3 Å². The third-order valence-corrected chi connectivity index (χ3v) is 4.29. The lowest BCUT2D eigenvalue weighted by Gasteiger charge is -2.13. The van der Waals surface area contributed by atoms with Gasteiger partial charge in [0, 0.05) is 5.02 Å². The molecular formula is C16H17ClN2O4S. The molecule has 1 unspecified atom stereocenters. The van der Waals surface area contributed by atoms with Crippen LogP contribution in [0, 0.1) is 6.92 Å². The van der Waals surface area contributed by atoms with Crippen molar-refractivity contribution < 1.29 is 19.1 Å². The normalized spacial score (nSPS) is 11.7. The number of amides is 1. The van der Waals surface area contributed by atoms with Gasteiger partial charge in [-0.15, -0.1) is 0 Å². The molecule has 0 aliphatic rings. The Labute approximate surface area is 148 Å². The summed E-state index contributed by atoms with van der Waals surface area (Å²) in [6.45, 7) is 5.32. The Balaban J connectivity index is 1.99. The molecular weight excluding hydrogens is 352 g/mol. The third-order valence-electron chi connectivity index (χ3n) is 2.98. The Hall–Kier alpha value is -2.12. The van der Waals surface area contributed by atoms with Gasteiger partial charge in [0.2, 0.25) is 0 Å². The van der Waals surface area contributed by atoms with Crippen molar-refractivity contribution in [1.29, 1.82) is 0 Å². The maximum atomic E-state index is 12.2. The number of nitrogens with zero attached hydrogens (tertiary/aromatic N) is 1. The fraction of sp³-hybridized carbons (Fsp3) is 0.312. The van der Waals surface area contributed by atoms with E-state index in [4.69, 9.17) is 21.1 Å². The van der Waals surface area contributed by atoms with Gasteiger partial charge in [-0.25, -0.2) is 9.78 Å². The second kappa shape index (κ2) is 8.12. The number of aromatic nitrogens is 1. The number of halogens is 1. The lowest BCUT2D eigenvalue weighted by atomic mass is 10.3. The van der Waals surface area contributed by atoms with Crippen molar-refractivity contribution in [3.8, 4) is 5.75 Å². The predicted molar refractivity (Wildman–Crippen MR) is 93.0 cm³/mol. The minimum atomic E-state index is -0.735. The molecule has 0 fully saturated rings. The fourth-order valence-electron chi connectivity index (χ4n) is 1.81. The summed E-state index contributed by atoms with van der Waals surface area (Å²) in [5, 5.41) is 3.55. The highest BCUT2D eigenvalue weighted by atomic mass is 35.5. The molecule has 0 aliphatic carbocycles. The molecule has 1 aromatic carbocycles. The van der Waals surface area contributed by atoms with Gasteiger partial charge in [-0.1, -0.05) is 22.9 Å². The zero-order valence-corrected chi connectivity index (χ0v) is 15.0. The average Bonchev–Trinajstić information content (AvgIpc) is 2.90. The number of rotatable bonds is 6. The summed E-state index contributed by atoms with van der Waals surface area (Å²) in [4.78, 5) is 28.5. The number of esters is 1. The van der Waals surface area contributed by atoms with Crippen molar-refractivity contribution in [3.05, 3.63) is 39.9 Å². The van der Waals surface area contributed by atoms with Gasteiger partial charge in [0.15, 0.2) is 11.2 Å². The number of anilines is 1. The van der Waals surface area contributed by atoms with E-state index in [0.29, 0.717) is 26.5 Å². The second-order valence-corrected chi connectivity index (χ2v) is 6.29. The van der Waals surface area contributed by atoms with Gasteiger partial charge >= 0.3 is 5.97 Å². The topological polar surface area (TPSA) is 77.5 Å². The molecule has 8 heteroatoms. The SMILES string of the molecule is CCOC(=O)c1sc(NC(=O)C(C)Oc2ccc(Cl)cc2)nc1C. The molecule has 0 aliphatic heterocycles. The quantitative estimate of drug-likeness (QED) is 0.787. The van der Waals surface area contributed by atoms with Crippen molar-refractivity contribution in [1.82, 2.24) is 4.98 Å². The summed E-state index contributed by atoms with van der Waals surface area (Å²) in [6, 6.07) is 6.71. The first-order chi connectivity index (χ1) is 11.4. The van der Waals surface area contributed by atoms with Crippen LogP contribution >= 0.6 is 22.9 Å². The van der Waals surface area contributed by atoms with E-state index in [9.17, 15) is 9.59 Å². The summed E-state index contributed by atoms with van der Waals surface area (Å²) in [6.07, 6.45) is -0.735. The molecule has 0 spiro atoms. The Kier molecular flexibility index (Phi) is 6.16. The molecule has 2 rings (SSSR count). The molecule has 0 saturated heterocycles. The van der Waals surface area contributed by atoms with E-state index in [-0.39, 0.29) is 12.5 Å². The second-order valence-electron chi connectivity index (χ2n) is 4.86. The molecule has 0 bridgehead atoms. The number of ether oxygens (including phenoxy) is 2. The summed E-state index contributed by atoms with van der Waals surface area (Å²) >= 11 is 6.87. The standard InChI is InChI=1S/C16H17ClN2O4S/c1-4-22-15(21)13-9(2)18-16(24-13)19-14(20)10(3)23-12-7-5-11(17)6-8-12/h5-8,10H,4H2,1-3H3,(H,18,19,20). The van der Waals surface area contributed by atoms with Crippen LogP contribution in [0.2, 0.25) is 5.02 Å². The van der Waals surface area contributed by atoms with E-state index in [1.54, 1.807) is 45.0 Å². The summed E-state index contributed by atoms with van der Waals surface area (Å²) in [5.41, 5.74) is 0.514. The summed E-state index contributed by atoms with van der Waals surface area (Å²) < 4.78 is 10.5. The zero-order chi connectivity index (χ0) is 17.7. The maximum Gasteiger partial charge on any atom is 0.350 e. The Morgan fingerprint density at radius 2 is 2.00 bits per heavy atom. The lowest BCUT2D eigenvalue weighted by molar-refractivity contribution is -0.122. The number of hydrogen-bond acceptors (Lipinski definition) is 6. The highest BCUT2D eigenvalue weighted by molar-refractivity contribution is 7.17. The molecule has 1 aromatic heterocycles. The van der Waals surface area contributed by atoms with Crippen molar-refractivity contribution in [2.75, 3.05) is 11.9 Å². The number of nitrogens with one attached hydrogen (secondary N) is 1. The highest BCUT2D eigenvalue weighted by Crippen LogP contribution is 2.24. The van der Waals surface area contributed by atoms with E-state index in [1.165, 1.54) is 0 Å². The molecule has 1 amide bonds. The molecule has 0 saturated carbocycles. The van der Waals surface area contributed by atoms with Gasteiger partial charge in [0.25, 0.3) is 5.91 Å². The van der Waals surface area contributed by atoms with Crippen LogP contribution in [0.5, 0.6) is 5.75 Å². The summed E-state index contributed by atoms with van der Waals surface area (Å²) in [7, 11) is 0. The minimum Gasteiger partial charge on any atom is -0.481 e. The first-order valence-corrected chi connectivity index (χ1v) is 8.47. The number of thiazole rings is 1. The molecule has 1 heterocycles. The molecule has 1 atom stereocenters. The predicted octanol–water partition coefficient (Wildman–Crippen LogP) is 3.69. The van der Waals surface area contributed by atoms with Crippen LogP contribution in [-0.4, -0.2) is 29.6 Å². The van der Waals surface area contributed by atoms with Crippen LogP contribution in [-0.2, 0) is 9.53 Å². The van der Waals surface area contributed by atoms with Crippen molar-refractivity contribution >= 4 is 39.9 Å². The first-order valence-electron chi connectivity index (χ1n) is 7.28. The van der Waals surface area contributed by atoms with E-state index in [0.717, 1.165) is 11.3 Å². The van der Waals surface area contributed by atoms with Crippen LogP contribution < -0.4 is 10.1 Å². The number of benzene rings is 1. The van der Waals surface area contributed by atoms with E-state index < -0.39 is 12.1 Å². The number of aryl methyl sites for hydroxylation is 1. The first kappa shape index (κ1) is 18.2. The Bertz CT molecular complexity index is 730. The van der Waals surface area contributed by atoms with E-state index >= 15 is 0 Å². The Morgan fingerprint density at radius 1 is 1.33 bits per heavy atom. The summed E-state index contributed by atoms with van der Waals surface area (Å²) in [5.74, 6) is -0.280. The molecule has 1 N–H and O–H groups in total. The fourth-order valence-corrected chi connectivity index (χ4v) is 2.80. The van der Waals surface area contributed by atoms with Crippen molar-refractivity contribution in [3.63, 3.8) is 0 Å². The molecule has 0 radical (unpaired) electrons. The van der Waals surface area contributed by atoms with Gasteiger partial charge in [-0.2, -0.15) is 0 Å². The van der Waals surface area contributed by atoms with Gasteiger partial charge in [-0.3, -0.25) is 10.1 Å². The molecule has 128 valence electrons. The van der Waals surface area contributed by atoms with Gasteiger partial charge in [-0.05, 0) is 45.0 Å². The highest BCUT2D eigenvalue weighted by Gasteiger charge is 2.20. The average molecular weight is 369 g/mol. The van der Waals surface area contributed by atoms with Gasteiger partial charge in [0.05, 0.1) is 12.3 Å². The lowest BCUT2D eigenvalue weighted by Crippen LogP contribution is -2.30.